The monoisotopic (exact) mass is 377 g/mol. The molecular formula is C15H8ClN3O3S2. The van der Waals surface area contributed by atoms with Crippen LogP contribution in [0.25, 0.3) is 22.1 Å². The standard InChI is InChI=1S/C15H8ClN3O3S2/c16-13-4-3-12(24-13)9-7-23-15(17-9)18-14(20)8-6-11(22-19-8)10-2-1-5-21-10/h1-7H,(H,17,18,20). The van der Waals surface area contributed by atoms with E-state index in [4.69, 9.17) is 20.5 Å². The summed E-state index contributed by atoms with van der Waals surface area (Å²) in [6.45, 7) is 0. The van der Waals surface area contributed by atoms with Gasteiger partial charge in [0.25, 0.3) is 5.91 Å². The summed E-state index contributed by atoms with van der Waals surface area (Å²) in [4.78, 5) is 17.6. The van der Waals surface area contributed by atoms with Gasteiger partial charge in [-0.2, -0.15) is 0 Å². The Labute approximate surface area is 148 Å². The SMILES string of the molecule is O=C(Nc1nc(-c2ccc(Cl)s2)cs1)c1cc(-c2ccco2)on1. The average molecular weight is 378 g/mol. The molecule has 0 bridgehead atoms. The molecule has 0 aromatic carbocycles. The first-order valence-corrected chi connectivity index (χ1v) is 8.79. The van der Waals surface area contributed by atoms with Crippen molar-refractivity contribution in [3.8, 4) is 22.1 Å². The van der Waals surface area contributed by atoms with Crippen molar-refractivity contribution in [2.75, 3.05) is 5.32 Å². The van der Waals surface area contributed by atoms with Crippen molar-refractivity contribution in [2.24, 2.45) is 0 Å². The van der Waals surface area contributed by atoms with Crippen LogP contribution in [0.15, 0.2) is 50.9 Å². The number of anilines is 1. The maximum atomic E-state index is 12.2. The number of furan rings is 1. The number of hydrogen-bond donors (Lipinski definition) is 1. The van der Waals surface area contributed by atoms with Gasteiger partial charge in [-0.25, -0.2) is 4.98 Å². The molecule has 0 saturated heterocycles. The number of thiazole rings is 1. The molecule has 4 aromatic rings. The highest BCUT2D eigenvalue weighted by Gasteiger charge is 2.17. The van der Waals surface area contributed by atoms with Crippen molar-refractivity contribution in [2.45, 2.75) is 0 Å². The Bertz CT molecular complexity index is 987. The van der Waals surface area contributed by atoms with E-state index in [1.807, 2.05) is 17.5 Å². The molecule has 120 valence electrons. The number of amides is 1. The largest absolute Gasteiger partial charge is 0.461 e. The molecule has 0 fully saturated rings. The maximum Gasteiger partial charge on any atom is 0.279 e. The number of carbonyl (C=O) groups excluding carboxylic acids is 1. The number of rotatable bonds is 4. The fraction of sp³-hybridized carbons (Fsp3) is 0. The normalized spacial score (nSPS) is 10.9. The van der Waals surface area contributed by atoms with E-state index in [1.54, 1.807) is 12.1 Å². The molecule has 0 radical (unpaired) electrons. The van der Waals surface area contributed by atoms with E-state index in [9.17, 15) is 4.79 Å². The van der Waals surface area contributed by atoms with Crippen molar-refractivity contribution >= 4 is 45.3 Å². The smallest absolute Gasteiger partial charge is 0.279 e. The Hall–Kier alpha value is -2.42. The number of nitrogens with one attached hydrogen (secondary N) is 1. The minimum atomic E-state index is -0.401. The predicted octanol–water partition coefficient (Wildman–Crippen LogP) is 5.03. The summed E-state index contributed by atoms with van der Waals surface area (Å²) in [6.07, 6.45) is 1.52. The number of aromatic nitrogens is 2. The molecule has 1 N–H and O–H groups in total. The quantitative estimate of drug-likeness (QED) is 0.539. The predicted molar refractivity (Wildman–Crippen MR) is 92.6 cm³/mol. The van der Waals surface area contributed by atoms with Crippen molar-refractivity contribution < 1.29 is 13.7 Å². The van der Waals surface area contributed by atoms with Crippen LogP contribution in [0, 0.1) is 0 Å². The fourth-order valence-electron chi connectivity index (χ4n) is 1.97. The molecule has 24 heavy (non-hydrogen) atoms. The van der Waals surface area contributed by atoms with E-state index in [0.717, 1.165) is 10.6 Å². The van der Waals surface area contributed by atoms with Crippen LogP contribution in [0.3, 0.4) is 0 Å². The van der Waals surface area contributed by atoms with E-state index >= 15 is 0 Å². The molecule has 4 aromatic heterocycles. The zero-order valence-electron chi connectivity index (χ0n) is 11.9. The summed E-state index contributed by atoms with van der Waals surface area (Å²) in [7, 11) is 0. The van der Waals surface area contributed by atoms with Crippen LogP contribution < -0.4 is 5.32 Å². The first-order valence-electron chi connectivity index (χ1n) is 6.72. The average Bonchev–Trinajstić information content (AvgIpc) is 3.34. The molecule has 4 rings (SSSR count). The van der Waals surface area contributed by atoms with Crippen LogP contribution in [0.2, 0.25) is 4.34 Å². The summed E-state index contributed by atoms with van der Waals surface area (Å²) in [6, 6.07) is 8.67. The van der Waals surface area contributed by atoms with Gasteiger partial charge in [0.15, 0.2) is 16.6 Å². The van der Waals surface area contributed by atoms with Gasteiger partial charge < -0.3 is 8.94 Å². The number of hydrogen-bond acceptors (Lipinski definition) is 7. The highest BCUT2D eigenvalue weighted by Crippen LogP contribution is 2.33. The van der Waals surface area contributed by atoms with Gasteiger partial charge in [-0.1, -0.05) is 16.8 Å². The molecule has 0 atom stereocenters. The van der Waals surface area contributed by atoms with Crippen LogP contribution in [0.1, 0.15) is 10.5 Å². The maximum absolute atomic E-state index is 12.2. The summed E-state index contributed by atoms with van der Waals surface area (Å²) in [5, 5.41) is 8.78. The molecular weight excluding hydrogens is 370 g/mol. The van der Waals surface area contributed by atoms with Gasteiger partial charge >= 0.3 is 0 Å². The van der Waals surface area contributed by atoms with Gasteiger partial charge in [0, 0.05) is 11.4 Å². The van der Waals surface area contributed by atoms with Crippen molar-refractivity contribution in [3.05, 3.63) is 52.0 Å². The molecule has 6 nitrogen and oxygen atoms in total. The summed E-state index contributed by atoms with van der Waals surface area (Å²) >= 11 is 8.68. The van der Waals surface area contributed by atoms with Crippen LogP contribution in [-0.2, 0) is 0 Å². The second kappa shape index (κ2) is 6.23. The van der Waals surface area contributed by atoms with E-state index < -0.39 is 5.91 Å². The van der Waals surface area contributed by atoms with Crippen LogP contribution >= 0.6 is 34.3 Å². The second-order valence-electron chi connectivity index (χ2n) is 4.65. The van der Waals surface area contributed by atoms with Crippen molar-refractivity contribution in [1.82, 2.24) is 10.1 Å². The van der Waals surface area contributed by atoms with Gasteiger partial charge in [0.05, 0.1) is 21.2 Å². The molecule has 0 saturated carbocycles. The zero-order chi connectivity index (χ0) is 16.5. The third kappa shape index (κ3) is 2.99. The van der Waals surface area contributed by atoms with Crippen LogP contribution in [-0.4, -0.2) is 16.0 Å². The Morgan fingerprint density at radius 3 is 2.92 bits per heavy atom. The van der Waals surface area contributed by atoms with Gasteiger partial charge in [0.2, 0.25) is 5.76 Å². The molecule has 0 unspecified atom stereocenters. The summed E-state index contributed by atoms with van der Waals surface area (Å²) in [5.41, 5.74) is 0.918. The third-order valence-corrected chi connectivity index (χ3v) is 5.07. The van der Waals surface area contributed by atoms with E-state index in [0.29, 0.717) is 21.0 Å². The van der Waals surface area contributed by atoms with Gasteiger partial charge in [-0.3, -0.25) is 10.1 Å². The lowest BCUT2D eigenvalue weighted by atomic mass is 10.3. The first kappa shape index (κ1) is 15.1. The van der Waals surface area contributed by atoms with E-state index in [1.165, 1.54) is 35.0 Å². The van der Waals surface area contributed by atoms with Gasteiger partial charge in [0.1, 0.15) is 0 Å². The third-order valence-electron chi connectivity index (χ3n) is 3.06. The summed E-state index contributed by atoms with van der Waals surface area (Å²) < 4.78 is 11.0. The Morgan fingerprint density at radius 1 is 1.25 bits per heavy atom. The van der Waals surface area contributed by atoms with Crippen LogP contribution in [0.4, 0.5) is 5.13 Å². The first-order chi connectivity index (χ1) is 11.7. The van der Waals surface area contributed by atoms with Crippen LogP contribution in [0.5, 0.6) is 0 Å². The summed E-state index contributed by atoms with van der Waals surface area (Å²) in [5.74, 6) is 0.493. The Kier molecular flexibility index (Phi) is 3.93. The van der Waals surface area contributed by atoms with E-state index in [2.05, 4.69) is 15.5 Å². The lowest BCUT2D eigenvalue weighted by molar-refractivity contribution is 0.101. The number of halogens is 1. The minimum absolute atomic E-state index is 0.150. The number of carbonyl (C=O) groups is 1. The van der Waals surface area contributed by atoms with Crippen molar-refractivity contribution in [1.29, 1.82) is 0 Å². The van der Waals surface area contributed by atoms with E-state index in [-0.39, 0.29) is 5.69 Å². The highest BCUT2D eigenvalue weighted by molar-refractivity contribution is 7.20. The molecule has 0 spiro atoms. The van der Waals surface area contributed by atoms with Crippen molar-refractivity contribution in [3.63, 3.8) is 0 Å². The Balaban J connectivity index is 1.49. The molecule has 4 heterocycles. The highest BCUT2D eigenvalue weighted by atomic mass is 35.5. The Morgan fingerprint density at radius 2 is 2.17 bits per heavy atom. The second-order valence-corrected chi connectivity index (χ2v) is 7.22. The molecule has 0 aliphatic carbocycles. The molecule has 0 aliphatic rings. The molecule has 9 heteroatoms. The lowest BCUT2D eigenvalue weighted by Gasteiger charge is -1.96. The van der Waals surface area contributed by atoms with Gasteiger partial charge in [-0.05, 0) is 24.3 Å². The molecule has 1 amide bonds. The number of thiophene rings is 1. The minimum Gasteiger partial charge on any atom is -0.461 e. The lowest BCUT2D eigenvalue weighted by Crippen LogP contribution is -2.11. The topological polar surface area (TPSA) is 81.2 Å². The van der Waals surface area contributed by atoms with Gasteiger partial charge in [-0.15, -0.1) is 22.7 Å². The zero-order valence-corrected chi connectivity index (χ0v) is 14.2. The molecule has 0 aliphatic heterocycles. The number of nitrogens with zero attached hydrogens (tertiary/aromatic N) is 2. The fourth-order valence-corrected chi connectivity index (χ4v) is 3.76.